The minimum absolute atomic E-state index is 0.377. The molecule has 0 aromatic rings. The van der Waals surface area contributed by atoms with E-state index in [4.69, 9.17) is 0 Å². The van der Waals surface area contributed by atoms with Crippen LogP contribution in [0.5, 0.6) is 0 Å². The van der Waals surface area contributed by atoms with Gasteiger partial charge in [0, 0.05) is 12.5 Å². The Morgan fingerprint density at radius 2 is 2.50 bits per heavy atom. The Morgan fingerprint density at radius 1 is 1.75 bits per heavy atom. The fourth-order valence-electron chi connectivity index (χ4n) is 1.00. The van der Waals surface area contributed by atoms with Crippen LogP contribution >= 0.6 is 0 Å². The summed E-state index contributed by atoms with van der Waals surface area (Å²) in [5.74, 6) is 0.377. The molecule has 1 fully saturated rings. The first-order valence-electron chi connectivity index (χ1n) is 3.02. The van der Waals surface area contributed by atoms with Crippen molar-refractivity contribution < 1.29 is 4.79 Å². The number of nitrogens with one attached hydrogen (secondary N) is 1. The van der Waals surface area contributed by atoms with Crippen LogP contribution in [0.1, 0.15) is 6.42 Å². The van der Waals surface area contributed by atoms with E-state index in [1.165, 1.54) is 0 Å². The Hall–Kier alpha value is -0.153. The van der Waals surface area contributed by atoms with Gasteiger partial charge in [-0.25, -0.2) is 0 Å². The van der Waals surface area contributed by atoms with Crippen molar-refractivity contribution in [2.24, 2.45) is 5.92 Å². The molecule has 1 aliphatic rings. The van der Waals surface area contributed by atoms with Crippen LogP contribution in [0.3, 0.4) is 0 Å². The molecule has 3 heteroatoms. The molecule has 0 aliphatic carbocycles. The van der Waals surface area contributed by atoms with Gasteiger partial charge in [0.2, 0.25) is 0 Å². The average Bonchev–Trinajstić information content (AvgIpc) is 2.12. The number of carbonyl (C=O) groups is 1. The normalized spacial score (nSPS) is 28.8. The maximum Gasteiger partial charge on any atom is 0.105 e. The van der Waals surface area contributed by atoms with Crippen LogP contribution in [-0.4, -0.2) is 28.7 Å². The van der Waals surface area contributed by atoms with Crippen molar-refractivity contribution >= 4 is 15.6 Å². The van der Waals surface area contributed by atoms with Crippen molar-refractivity contribution in [2.75, 3.05) is 13.1 Å². The first-order chi connectivity index (χ1) is 3.80. The van der Waals surface area contributed by atoms with E-state index in [1.807, 2.05) is 0 Å². The molecule has 1 N–H and O–H groups in total. The van der Waals surface area contributed by atoms with Crippen LogP contribution < -0.4 is 5.32 Å². The van der Waals surface area contributed by atoms with Crippen LogP contribution in [0.4, 0.5) is 0 Å². The van der Waals surface area contributed by atoms with Crippen molar-refractivity contribution in [1.29, 1.82) is 0 Å². The van der Waals surface area contributed by atoms with E-state index in [0.717, 1.165) is 29.8 Å². The van der Waals surface area contributed by atoms with E-state index in [-0.39, 0.29) is 0 Å². The summed E-state index contributed by atoms with van der Waals surface area (Å²) in [5, 5.41) is 3.62. The molecule has 8 heavy (non-hydrogen) atoms. The van der Waals surface area contributed by atoms with E-state index in [9.17, 15) is 4.79 Å². The zero-order valence-corrected chi connectivity index (χ0v) is 7.11. The Balaban J connectivity index is 2.35. The van der Waals surface area contributed by atoms with Crippen molar-refractivity contribution in [3.63, 3.8) is 0 Å². The van der Waals surface area contributed by atoms with Gasteiger partial charge >= 0.3 is 0 Å². The van der Waals surface area contributed by atoms with Gasteiger partial charge in [0.15, 0.2) is 0 Å². The Bertz CT molecular complexity index is 98.6. The minimum atomic E-state index is 0.377. The largest absolute Gasteiger partial charge is 0.316 e. The second kappa shape index (κ2) is 2.41. The lowest BCUT2D eigenvalue weighted by molar-refractivity contribution is -0.114. The van der Waals surface area contributed by atoms with Gasteiger partial charge in [-0.2, -0.15) is 0 Å². The summed E-state index contributed by atoms with van der Waals surface area (Å²) >= 11 is 0. The smallest absolute Gasteiger partial charge is 0.105 e. The number of hydrogen-bond acceptors (Lipinski definition) is 2. The van der Waals surface area contributed by atoms with Gasteiger partial charge in [0.05, 0.1) is 10.2 Å². The fraction of sp³-hybridized carbons (Fsp3) is 0.800. The molecule has 1 atom stereocenters. The molecular weight excluding hydrogens is 118 g/mol. The lowest BCUT2D eigenvalue weighted by Crippen LogP contribution is -2.17. The monoisotopic (exact) mass is 129 g/mol. The summed E-state index contributed by atoms with van der Waals surface area (Å²) in [5.41, 5.74) is 0. The second-order valence-electron chi connectivity index (χ2n) is 2.30. The van der Waals surface area contributed by atoms with Gasteiger partial charge in [-0.15, -0.1) is 0 Å². The van der Waals surface area contributed by atoms with Crippen LogP contribution in [-0.2, 0) is 4.79 Å². The third-order valence-corrected chi connectivity index (χ3v) is 2.45. The molecule has 1 aliphatic heterocycles. The SMILES string of the molecule is O=C([SiH3])[C@@H]1CCNC1. The van der Waals surface area contributed by atoms with Gasteiger partial charge in [0.1, 0.15) is 5.41 Å². The Morgan fingerprint density at radius 3 is 2.75 bits per heavy atom. The van der Waals surface area contributed by atoms with Crippen LogP contribution in [0.2, 0.25) is 0 Å². The molecule has 46 valence electrons. The molecule has 0 spiro atoms. The standard InChI is InChI=1S/C5H11NOSi/c7-5(8)4-1-2-6-3-4/h4,6H,1-3H2,8H3/t4-/m1/s1. The Kier molecular flexibility index (Phi) is 1.80. The first kappa shape index (κ1) is 5.97. The van der Waals surface area contributed by atoms with Gasteiger partial charge < -0.3 is 10.1 Å². The summed E-state index contributed by atoms with van der Waals surface area (Å²) < 4.78 is 0. The molecule has 0 saturated carbocycles. The summed E-state index contributed by atoms with van der Waals surface area (Å²) in [6, 6.07) is 0. The third kappa shape index (κ3) is 1.17. The summed E-state index contributed by atoms with van der Waals surface area (Å²) in [7, 11) is 0.733. The molecular formula is C5H11NOSi. The maximum absolute atomic E-state index is 10.7. The van der Waals surface area contributed by atoms with Gasteiger partial charge in [-0.05, 0) is 13.0 Å². The van der Waals surface area contributed by atoms with E-state index in [2.05, 4.69) is 5.32 Å². The van der Waals surface area contributed by atoms with Crippen molar-refractivity contribution in [1.82, 2.24) is 5.32 Å². The van der Waals surface area contributed by atoms with E-state index >= 15 is 0 Å². The summed E-state index contributed by atoms with van der Waals surface area (Å²) in [4.78, 5) is 10.7. The lowest BCUT2D eigenvalue weighted by Gasteiger charge is -1.98. The third-order valence-electron chi connectivity index (χ3n) is 1.64. The highest BCUT2D eigenvalue weighted by molar-refractivity contribution is 6.58. The van der Waals surface area contributed by atoms with Crippen LogP contribution in [0.25, 0.3) is 0 Å². The number of hydrogen-bond donors (Lipinski definition) is 1. The zero-order chi connectivity index (χ0) is 5.98. The predicted octanol–water partition coefficient (Wildman–Crippen LogP) is -1.51. The fourth-order valence-corrected chi connectivity index (χ4v) is 1.49. The summed E-state index contributed by atoms with van der Waals surface area (Å²) in [6.45, 7) is 1.97. The van der Waals surface area contributed by atoms with Crippen molar-refractivity contribution in [3.05, 3.63) is 0 Å². The molecule has 0 bridgehead atoms. The highest BCUT2D eigenvalue weighted by Crippen LogP contribution is 2.05. The van der Waals surface area contributed by atoms with Crippen LogP contribution in [0, 0.1) is 5.92 Å². The molecule has 1 saturated heterocycles. The molecule has 0 aromatic carbocycles. The average molecular weight is 129 g/mol. The molecule has 1 heterocycles. The molecule has 1 rings (SSSR count). The molecule has 0 unspecified atom stereocenters. The summed E-state index contributed by atoms with van der Waals surface area (Å²) in [6.07, 6.45) is 1.07. The molecule has 0 radical (unpaired) electrons. The molecule has 0 aromatic heterocycles. The maximum atomic E-state index is 10.7. The molecule has 2 nitrogen and oxygen atoms in total. The molecule has 0 amide bonds. The Labute approximate surface area is 52.1 Å². The quantitative estimate of drug-likeness (QED) is 0.436. The second-order valence-corrected chi connectivity index (χ2v) is 3.29. The minimum Gasteiger partial charge on any atom is -0.316 e. The zero-order valence-electron chi connectivity index (χ0n) is 5.11. The van der Waals surface area contributed by atoms with Gasteiger partial charge in [0.25, 0.3) is 0 Å². The highest BCUT2D eigenvalue weighted by Gasteiger charge is 2.17. The van der Waals surface area contributed by atoms with E-state index in [1.54, 1.807) is 0 Å². The van der Waals surface area contributed by atoms with Gasteiger partial charge in [-0.3, -0.25) is 0 Å². The van der Waals surface area contributed by atoms with Crippen LogP contribution in [0.15, 0.2) is 0 Å². The number of rotatable bonds is 1. The van der Waals surface area contributed by atoms with E-state index < -0.39 is 0 Å². The van der Waals surface area contributed by atoms with Gasteiger partial charge in [-0.1, -0.05) is 0 Å². The lowest BCUT2D eigenvalue weighted by atomic mass is 10.1. The first-order valence-corrected chi connectivity index (χ1v) is 4.02. The van der Waals surface area contributed by atoms with Crippen molar-refractivity contribution in [2.45, 2.75) is 6.42 Å². The van der Waals surface area contributed by atoms with E-state index in [0.29, 0.717) is 11.3 Å². The topological polar surface area (TPSA) is 29.1 Å². The predicted molar refractivity (Wildman–Crippen MR) is 35.9 cm³/mol. The highest BCUT2D eigenvalue weighted by atomic mass is 28.1. The number of carbonyl (C=O) groups excluding carboxylic acids is 1. The van der Waals surface area contributed by atoms with Crippen molar-refractivity contribution in [3.8, 4) is 0 Å².